The minimum Gasteiger partial charge on any atom is -0.378 e. The van der Waals surface area contributed by atoms with Crippen LogP contribution in [0.1, 0.15) is 42.4 Å². The van der Waals surface area contributed by atoms with Gasteiger partial charge in [-0.1, -0.05) is 5.21 Å². The molecule has 2 aliphatic heterocycles. The number of anilines is 2. The summed E-state index contributed by atoms with van der Waals surface area (Å²) in [6, 6.07) is 0. The molecule has 0 aliphatic carbocycles. The molecule has 0 bridgehead atoms. The number of Topliss-reactive ketones (excluding diaryl/α,β-unsaturated/α-hetero) is 1. The molecule has 10 heteroatoms. The summed E-state index contributed by atoms with van der Waals surface area (Å²) in [6.45, 7) is 7.91. The number of hydrogen-bond acceptors (Lipinski definition) is 9. The summed E-state index contributed by atoms with van der Waals surface area (Å²) in [4.78, 5) is 30.0. The average Bonchev–Trinajstić information content (AvgIpc) is 3.11. The minimum absolute atomic E-state index is 0.127. The van der Waals surface area contributed by atoms with E-state index in [1.165, 1.54) is 18.0 Å². The number of piperidine rings is 1. The lowest BCUT2D eigenvalue weighted by molar-refractivity contribution is 0.101. The average molecular weight is 372 g/mol. The Labute approximate surface area is 157 Å². The summed E-state index contributed by atoms with van der Waals surface area (Å²) in [7, 11) is 0. The monoisotopic (exact) mass is 372 g/mol. The Morgan fingerprint density at radius 1 is 0.889 bits per heavy atom. The third-order valence-corrected chi connectivity index (χ3v) is 4.95. The molecule has 2 aromatic rings. The van der Waals surface area contributed by atoms with Gasteiger partial charge in [0.2, 0.25) is 11.9 Å². The van der Waals surface area contributed by atoms with Crippen LogP contribution >= 0.6 is 0 Å². The second kappa shape index (κ2) is 7.55. The van der Waals surface area contributed by atoms with Gasteiger partial charge in [-0.05, 0) is 26.2 Å². The van der Waals surface area contributed by atoms with Crippen LogP contribution in [-0.2, 0) is 4.74 Å². The molecule has 0 saturated carbocycles. The molecule has 2 aromatic heterocycles. The molecule has 0 unspecified atom stereocenters. The first-order valence-electron chi connectivity index (χ1n) is 9.41. The quantitative estimate of drug-likeness (QED) is 0.721. The van der Waals surface area contributed by atoms with Crippen molar-refractivity contribution in [3.63, 3.8) is 0 Å². The smallest absolute Gasteiger partial charge is 0.258 e. The van der Waals surface area contributed by atoms with E-state index >= 15 is 0 Å². The van der Waals surface area contributed by atoms with Crippen molar-refractivity contribution < 1.29 is 9.53 Å². The maximum Gasteiger partial charge on any atom is 0.258 e. The predicted molar refractivity (Wildman–Crippen MR) is 98.6 cm³/mol. The molecule has 0 atom stereocenters. The van der Waals surface area contributed by atoms with Crippen molar-refractivity contribution in [3.05, 3.63) is 11.4 Å². The molecule has 27 heavy (non-hydrogen) atoms. The zero-order valence-corrected chi connectivity index (χ0v) is 15.8. The van der Waals surface area contributed by atoms with Gasteiger partial charge in [-0.2, -0.15) is 19.6 Å². The molecule has 4 heterocycles. The zero-order valence-electron chi connectivity index (χ0n) is 15.8. The molecule has 2 saturated heterocycles. The number of ketones is 1. The maximum atomic E-state index is 11.7. The summed E-state index contributed by atoms with van der Waals surface area (Å²) in [5, 5.41) is 8.10. The van der Waals surface area contributed by atoms with Gasteiger partial charge in [-0.25, -0.2) is 0 Å². The van der Waals surface area contributed by atoms with Gasteiger partial charge in [-0.15, -0.1) is 5.10 Å². The van der Waals surface area contributed by atoms with E-state index in [1.807, 2.05) is 0 Å². The Bertz CT molecular complexity index is 788. The van der Waals surface area contributed by atoms with Crippen LogP contribution in [0.25, 0.3) is 5.95 Å². The van der Waals surface area contributed by atoms with Gasteiger partial charge in [-0.3, -0.25) is 4.79 Å². The first-order chi connectivity index (χ1) is 13.1. The van der Waals surface area contributed by atoms with Crippen LogP contribution < -0.4 is 9.80 Å². The van der Waals surface area contributed by atoms with E-state index in [4.69, 9.17) is 9.72 Å². The van der Waals surface area contributed by atoms with E-state index in [-0.39, 0.29) is 5.78 Å². The number of nitrogens with zero attached hydrogens (tertiary/aromatic N) is 8. The van der Waals surface area contributed by atoms with E-state index in [0.717, 1.165) is 39.0 Å². The molecule has 0 N–H and O–H groups in total. The van der Waals surface area contributed by atoms with Gasteiger partial charge in [0.15, 0.2) is 11.5 Å². The number of morpholine rings is 1. The SMILES string of the molecule is CC(=O)c1nnn(-c2nc(N3CCCCC3)nc(N3CCOCC3)n2)c1C. The summed E-state index contributed by atoms with van der Waals surface area (Å²) in [6.07, 6.45) is 3.49. The van der Waals surface area contributed by atoms with Crippen molar-refractivity contribution in [1.29, 1.82) is 0 Å². The third-order valence-electron chi connectivity index (χ3n) is 4.95. The van der Waals surface area contributed by atoms with Crippen LogP contribution in [0.5, 0.6) is 0 Å². The van der Waals surface area contributed by atoms with Crippen molar-refractivity contribution >= 4 is 17.7 Å². The van der Waals surface area contributed by atoms with Crippen LogP contribution in [0.4, 0.5) is 11.9 Å². The highest BCUT2D eigenvalue weighted by Gasteiger charge is 2.23. The second-order valence-corrected chi connectivity index (χ2v) is 6.87. The van der Waals surface area contributed by atoms with Crippen LogP contribution in [-0.4, -0.2) is 75.1 Å². The standard InChI is InChI=1S/C17H24N8O2/c1-12-14(13(2)26)21-22-25(12)17-19-15(23-6-4-3-5-7-23)18-16(20-17)24-8-10-27-11-9-24/h3-11H2,1-2H3. The zero-order chi connectivity index (χ0) is 18.8. The van der Waals surface area contributed by atoms with E-state index in [9.17, 15) is 4.79 Å². The van der Waals surface area contributed by atoms with E-state index in [2.05, 4.69) is 30.1 Å². The number of hydrogen-bond donors (Lipinski definition) is 0. The molecule has 0 spiro atoms. The van der Waals surface area contributed by atoms with Crippen LogP contribution in [0, 0.1) is 6.92 Å². The largest absolute Gasteiger partial charge is 0.378 e. The van der Waals surface area contributed by atoms with Crippen LogP contribution in [0.3, 0.4) is 0 Å². The maximum absolute atomic E-state index is 11.7. The van der Waals surface area contributed by atoms with Crippen molar-refractivity contribution in [3.8, 4) is 5.95 Å². The van der Waals surface area contributed by atoms with Gasteiger partial charge in [0.25, 0.3) is 5.95 Å². The van der Waals surface area contributed by atoms with Crippen molar-refractivity contribution in [2.75, 3.05) is 49.2 Å². The molecule has 0 radical (unpaired) electrons. The summed E-state index contributed by atoms with van der Waals surface area (Å²) >= 11 is 0. The number of ether oxygens (including phenoxy) is 1. The lowest BCUT2D eigenvalue weighted by atomic mass is 10.1. The molecule has 0 amide bonds. The first kappa shape index (κ1) is 17.8. The normalized spacial score (nSPS) is 18.0. The Kier molecular flexibility index (Phi) is 4.97. The molecule has 4 rings (SSSR count). The van der Waals surface area contributed by atoms with Gasteiger partial charge < -0.3 is 14.5 Å². The summed E-state index contributed by atoms with van der Waals surface area (Å²) in [5.74, 6) is 1.53. The van der Waals surface area contributed by atoms with Crippen molar-refractivity contribution in [2.24, 2.45) is 0 Å². The van der Waals surface area contributed by atoms with E-state index in [0.29, 0.717) is 42.4 Å². The molecule has 2 aliphatic rings. The Morgan fingerprint density at radius 3 is 2.07 bits per heavy atom. The highest BCUT2D eigenvalue weighted by molar-refractivity contribution is 5.93. The Balaban J connectivity index is 1.76. The topological polar surface area (TPSA) is 102 Å². The van der Waals surface area contributed by atoms with E-state index < -0.39 is 0 Å². The van der Waals surface area contributed by atoms with Gasteiger partial charge in [0, 0.05) is 33.1 Å². The summed E-state index contributed by atoms with van der Waals surface area (Å²) < 4.78 is 6.97. The second-order valence-electron chi connectivity index (χ2n) is 6.87. The fourth-order valence-electron chi connectivity index (χ4n) is 3.42. The number of rotatable bonds is 4. The Morgan fingerprint density at radius 2 is 1.48 bits per heavy atom. The molecule has 10 nitrogen and oxygen atoms in total. The first-order valence-corrected chi connectivity index (χ1v) is 9.41. The highest BCUT2D eigenvalue weighted by atomic mass is 16.5. The van der Waals surface area contributed by atoms with Gasteiger partial charge >= 0.3 is 0 Å². The van der Waals surface area contributed by atoms with Gasteiger partial charge in [0.05, 0.1) is 18.9 Å². The minimum atomic E-state index is -0.127. The Hall–Kier alpha value is -2.62. The fraction of sp³-hybridized carbons (Fsp3) is 0.647. The van der Waals surface area contributed by atoms with Gasteiger partial charge in [0.1, 0.15) is 0 Å². The van der Waals surface area contributed by atoms with E-state index in [1.54, 1.807) is 6.92 Å². The predicted octanol–water partition coefficient (Wildman–Crippen LogP) is 0.790. The lowest BCUT2D eigenvalue weighted by Crippen LogP contribution is -2.38. The highest BCUT2D eigenvalue weighted by Crippen LogP contribution is 2.21. The molecule has 144 valence electrons. The van der Waals surface area contributed by atoms with Crippen molar-refractivity contribution in [1.82, 2.24) is 29.9 Å². The lowest BCUT2D eigenvalue weighted by Gasteiger charge is -2.30. The number of aromatic nitrogens is 6. The fourth-order valence-corrected chi connectivity index (χ4v) is 3.42. The molecular formula is C17H24N8O2. The van der Waals surface area contributed by atoms with Crippen LogP contribution in [0.2, 0.25) is 0 Å². The summed E-state index contributed by atoms with van der Waals surface area (Å²) in [5.41, 5.74) is 0.967. The third kappa shape index (κ3) is 3.61. The van der Waals surface area contributed by atoms with Crippen molar-refractivity contribution in [2.45, 2.75) is 33.1 Å². The number of carbonyl (C=O) groups excluding carboxylic acids is 1. The molecule has 2 fully saturated rings. The van der Waals surface area contributed by atoms with Crippen LogP contribution in [0.15, 0.2) is 0 Å². The molecular weight excluding hydrogens is 348 g/mol. The molecule has 0 aromatic carbocycles. The number of carbonyl (C=O) groups is 1.